The van der Waals surface area contributed by atoms with Crippen LogP contribution in [-0.4, -0.2) is 41.1 Å². The van der Waals surface area contributed by atoms with Crippen LogP contribution in [0.15, 0.2) is 66.9 Å². The van der Waals surface area contributed by atoms with Crippen molar-refractivity contribution in [3.8, 4) is 17.0 Å². The fourth-order valence-electron chi connectivity index (χ4n) is 4.27. The number of nitrogens with zero attached hydrogens (tertiary/aromatic N) is 2. The smallest absolute Gasteiger partial charge is 0.248 e. The Hall–Kier alpha value is -3.49. The average Bonchev–Trinajstić information content (AvgIpc) is 3.35. The van der Waals surface area contributed by atoms with Crippen LogP contribution in [0.5, 0.6) is 5.75 Å². The minimum absolute atomic E-state index is 0.00823. The van der Waals surface area contributed by atoms with E-state index in [1.165, 1.54) is 11.1 Å². The summed E-state index contributed by atoms with van der Waals surface area (Å²) in [5.41, 5.74) is 12.3. The van der Waals surface area contributed by atoms with Crippen LogP contribution in [0, 0.1) is 0 Å². The average molecular weight is 518 g/mol. The first-order chi connectivity index (χ1) is 17.9. The minimum atomic E-state index is -0.480. The number of ether oxygens (including phenoxy) is 1. The predicted molar refractivity (Wildman–Crippen MR) is 154 cm³/mol. The molecule has 0 bridgehead atoms. The highest BCUT2D eigenvalue weighted by Crippen LogP contribution is 2.32. The van der Waals surface area contributed by atoms with E-state index in [4.69, 9.17) is 15.6 Å². The van der Waals surface area contributed by atoms with Crippen LogP contribution >= 0.6 is 11.9 Å². The maximum Gasteiger partial charge on any atom is 0.248 e. The van der Waals surface area contributed by atoms with Crippen molar-refractivity contribution in [1.29, 1.82) is 0 Å². The van der Waals surface area contributed by atoms with E-state index in [-0.39, 0.29) is 6.10 Å². The molecule has 1 heterocycles. The monoisotopic (exact) mass is 517 g/mol. The van der Waals surface area contributed by atoms with Gasteiger partial charge in [0.25, 0.3) is 0 Å². The van der Waals surface area contributed by atoms with Crippen molar-refractivity contribution in [1.82, 2.24) is 14.5 Å². The van der Waals surface area contributed by atoms with Crippen molar-refractivity contribution >= 4 is 29.1 Å². The lowest BCUT2D eigenvalue weighted by Crippen LogP contribution is -2.13. The molecule has 3 aromatic rings. The first kappa shape index (κ1) is 26.6. The molecule has 1 amide bonds. The molecule has 37 heavy (non-hydrogen) atoms. The number of carbonyl (C=O) groups excluding carboxylic acids is 1. The van der Waals surface area contributed by atoms with E-state index in [0.717, 1.165) is 47.6 Å². The zero-order valence-corrected chi connectivity index (χ0v) is 22.5. The maximum absolute atomic E-state index is 11.9. The number of nitrogens with two attached hydrogens (primary N) is 1. The van der Waals surface area contributed by atoms with Crippen molar-refractivity contribution < 1.29 is 9.53 Å². The second-order valence-electron chi connectivity index (χ2n) is 9.17. The number of primary amides is 1. The molecule has 1 aromatic heterocycles. The number of allylic oxidation sites excluding steroid dienone is 4. The Balaban J connectivity index is 1.62. The summed E-state index contributed by atoms with van der Waals surface area (Å²) in [5.74, 6) is 1.09. The molecule has 7 nitrogen and oxygen atoms in total. The highest BCUT2D eigenvalue weighted by molar-refractivity contribution is 7.97. The summed E-state index contributed by atoms with van der Waals surface area (Å²) >= 11 is 1.67. The van der Waals surface area contributed by atoms with Gasteiger partial charge in [-0.3, -0.25) is 14.2 Å². The zero-order chi connectivity index (χ0) is 26.2. The first-order valence-electron chi connectivity index (χ1n) is 12.6. The highest BCUT2D eigenvalue weighted by atomic mass is 32.2. The fraction of sp³-hybridized carbons (Fsp3) is 0.310. The van der Waals surface area contributed by atoms with Crippen molar-refractivity contribution in [3.63, 3.8) is 0 Å². The molecule has 194 valence electrons. The lowest BCUT2D eigenvalue weighted by Gasteiger charge is -2.14. The molecule has 2 aromatic carbocycles. The summed E-state index contributed by atoms with van der Waals surface area (Å²) in [5, 5.41) is 8.46. The Kier molecular flexibility index (Phi) is 9.09. The van der Waals surface area contributed by atoms with Gasteiger partial charge in [0.1, 0.15) is 5.75 Å². The zero-order valence-electron chi connectivity index (χ0n) is 21.7. The third kappa shape index (κ3) is 7.27. The van der Waals surface area contributed by atoms with Gasteiger partial charge in [-0.25, -0.2) is 0 Å². The lowest BCUT2D eigenvalue weighted by atomic mass is 9.96. The second kappa shape index (κ2) is 12.7. The molecule has 0 fully saturated rings. The number of benzene rings is 2. The van der Waals surface area contributed by atoms with Crippen LogP contribution in [0.1, 0.15) is 48.2 Å². The first-order valence-corrected chi connectivity index (χ1v) is 13.6. The van der Waals surface area contributed by atoms with E-state index in [1.807, 2.05) is 43.9 Å². The Morgan fingerprint density at radius 1 is 1.19 bits per heavy atom. The van der Waals surface area contributed by atoms with Gasteiger partial charge in [-0.05, 0) is 86.8 Å². The van der Waals surface area contributed by atoms with Crippen LogP contribution in [0.2, 0.25) is 0 Å². The van der Waals surface area contributed by atoms with Crippen LogP contribution in [-0.2, 0) is 6.54 Å². The van der Waals surface area contributed by atoms with Crippen LogP contribution < -0.4 is 20.5 Å². The Morgan fingerprint density at radius 3 is 2.78 bits per heavy atom. The van der Waals surface area contributed by atoms with Crippen LogP contribution in [0.25, 0.3) is 16.8 Å². The topological polar surface area (TPSA) is 94.2 Å². The third-order valence-electron chi connectivity index (χ3n) is 5.90. The molecule has 0 radical (unpaired) electrons. The van der Waals surface area contributed by atoms with Crippen LogP contribution in [0.4, 0.5) is 5.69 Å². The molecule has 1 aliphatic carbocycles. The van der Waals surface area contributed by atoms with Gasteiger partial charge in [-0.2, -0.15) is 5.10 Å². The third-order valence-corrected chi connectivity index (χ3v) is 6.59. The molecule has 0 unspecified atom stereocenters. The number of rotatable bonds is 12. The van der Waals surface area contributed by atoms with E-state index in [9.17, 15) is 4.79 Å². The van der Waals surface area contributed by atoms with E-state index in [2.05, 4.69) is 46.5 Å². The molecule has 0 spiro atoms. The van der Waals surface area contributed by atoms with E-state index >= 15 is 0 Å². The van der Waals surface area contributed by atoms with Crippen LogP contribution in [0.3, 0.4) is 0 Å². The van der Waals surface area contributed by atoms with Gasteiger partial charge in [-0.1, -0.05) is 36.2 Å². The van der Waals surface area contributed by atoms with E-state index < -0.39 is 5.91 Å². The summed E-state index contributed by atoms with van der Waals surface area (Å²) < 4.78 is 10.8. The largest absolute Gasteiger partial charge is 0.491 e. The maximum atomic E-state index is 11.9. The van der Waals surface area contributed by atoms with Crippen molar-refractivity contribution in [2.45, 2.75) is 39.3 Å². The van der Waals surface area contributed by atoms with Gasteiger partial charge in [0.15, 0.2) is 0 Å². The van der Waals surface area contributed by atoms with Gasteiger partial charge in [0, 0.05) is 35.3 Å². The molecule has 1 aliphatic rings. The molecule has 0 saturated carbocycles. The number of hydrogen-bond acceptors (Lipinski definition) is 6. The van der Waals surface area contributed by atoms with Gasteiger partial charge >= 0.3 is 0 Å². The molecule has 8 heteroatoms. The molecule has 0 atom stereocenters. The molecule has 0 saturated heterocycles. The van der Waals surface area contributed by atoms with Crippen molar-refractivity contribution in [2.24, 2.45) is 5.73 Å². The number of anilines is 1. The highest BCUT2D eigenvalue weighted by Gasteiger charge is 2.13. The SMILES string of the molecule is CNSCCNc1ccc(C2=CCCC=C2)cc1-c1ccn(Cc2cc(OC(C)C)cc(C(N)=O)c2)n1. The molecule has 0 aliphatic heterocycles. The normalized spacial score (nSPS) is 13.0. The quantitative estimate of drug-likeness (QED) is 0.217. The van der Waals surface area contributed by atoms with Gasteiger partial charge in [-0.15, -0.1) is 0 Å². The number of nitrogens with one attached hydrogen (secondary N) is 2. The summed E-state index contributed by atoms with van der Waals surface area (Å²) in [6, 6.07) is 14.0. The van der Waals surface area contributed by atoms with E-state index in [0.29, 0.717) is 17.9 Å². The summed E-state index contributed by atoms with van der Waals surface area (Å²) in [6.07, 6.45) is 10.8. The molecular weight excluding hydrogens is 482 g/mol. The number of carbonyl (C=O) groups is 1. The van der Waals surface area contributed by atoms with Gasteiger partial charge < -0.3 is 15.8 Å². The van der Waals surface area contributed by atoms with Gasteiger partial charge in [0.2, 0.25) is 5.91 Å². The van der Waals surface area contributed by atoms with Crippen molar-refractivity contribution in [3.05, 3.63) is 83.6 Å². The van der Waals surface area contributed by atoms with Crippen molar-refractivity contribution in [2.75, 3.05) is 24.7 Å². The number of aromatic nitrogens is 2. The molecule has 4 N–H and O–H groups in total. The minimum Gasteiger partial charge on any atom is -0.491 e. The number of hydrogen-bond donors (Lipinski definition) is 3. The Labute approximate surface area is 223 Å². The summed E-state index contributed by atoms with van der Waals surface area (Å²) in [7, 11) is 1.93. The standard InChI is InChI=1S/C29H35N5O2S/c1-20(2)36-25-16-21(15-24(17-25)29(30)35)19-34-13-11-28(33-34)26-18-23(22-7-5-4-6-8-22)9-10-27(26)32-12-14-37-31-3/h5,7-11,13,15-18,20,31-32H,4,6,12,14,19H2,1-3H3,(H2,30,35). The Bertz CT molecular complexity index is 1300. The molecule has 4 rings (SSSR count). The number of amides is 1. The van der Waals surface area contributed by atoms with Gasteiger partial charge in [0.05, 0.1) is 18.3 Å². The Morgan fingerprint density at radius 2 is 2.05 bits per heavy atom. The summed E-state index contributed by atoms with van der Waals surface area (Å²) in [6.45, 7) is 5.23. The molecular formula is C29H35N5O2S. The summed E-state index contributed by atoms with van der Waals surface area (Å²) in [4.78, 5) is 11.9. The predicted octanol–water partition coefficient (Wildman–Crippen LogP) is 5.50. The van der Waals surface area contributed by atoms with E-state index in [1.54, 1.807) is 24.1 Å². The fourth-order valence-corrected chi connectivity index (χ4v) is 4.68. The lowest BCUT2D eigenvalue weighted by molar-refractivity contribution is 0.0999. The second-order valence-corrected chi connectivity index (χ2v) is 10.3.